The molecular weight excluding hydrogens is 200 g/mol. The first kappa shape index (κ1) is 9.28. The van der Waals surface area contributed by atoms with Crippen LogP contribution in [0.4, 0.5) is 0 Å². The molecule has 1 aliphatic carbocycles. The normalized spacial score (nSPS) is 15.4. The highest BCUT2D eigenvalue weighted by Crippen LogP contribution is 2.35. The van der Waals surface area contributed by atoms with Crippen LogP contribution in [0.15, 0.2) is 29.3 Å². The maximum atomic E-state index is 10.9. The molecule has 0 bridgehead atoms. The molecule has 0 aliphatic heterocycles. The van der Waals surface area contributed by atoms with Gasteiger partial charge in [-0.1, -0.05) is 23.7 Å². The number of rotatable bonds is 2. The number of methoxy groups -OCH3 is 1. The highest BCUT2D eigenvalue weighted by Gasteiger charge is 2.26. The maximum Gasteiger partial charge on any atom is 0.178 e. The Morgan fingerprint density at radius 2 is 1.93 bits per heavy atom. The molecule has 0 N–H and O–H groups in total. The Labute approximate surface area is 87.1 Å². The quantitative estimate of drug-likeness (QED) is 0.747. The van der Waals surface area contributed by atoms with Crippen LogP contribution in [0.2, 0.25) is 0 Å². The van der Waals surface area contributed by atoms with Crippen LogP contribution in [0.1, 0.15) is 12.0 Å². The molecule has 1 aliphatic rings. The summed E-state index contributed by atoms with van der Waals surface area (Å²) in [6.07, 6.45) is 0.450. The minimum atomic E-state index is 0.0254. The second-order valence-electron chi connectivity index (χ2n) is 3.12. The number of hydrogen-bond acceptors (Lipinski definition) is 2. The number of halogens is 1. The van der Waals surface area contributed by atoms with Gasteiger partial charge in [-0.15, -0.1) is 0 Å². The van der Waals surface area contributed by atoms with Crippen LogP contribution >= 0.6 is 11.6 Å². The third kappa shape index (κ3) is 1.42. The average Bonchev–Trinajstić information content (AvgIpc) is 2.25. The first-order valence-corrected chi connectivity index (χ1v) is 4.66. The molecule has 1 aromatic carbocycles. The Balaban J connectivity index is 2.31. The molecule has 2 nitrogen and oxygen atoms in total. The highest BCUT2D eigenvalue weighted by atomic mass is 35.5. The van der Waals surface area contributed by atoms with E-state index in [1.54, 1.807) is 7.11 Å². The summed E-state index contributed by atoms with van der Waals surface area (Å²) in [5, 5.41) is 0.371. The van der Waals surface area contributed by atoms with Crippen molar-refractivity contribution in [3.63, 3.8) is 0 Å². The second kappa shape index (κ2) is 3.46. The maximum absolute atomic E-state index is 10.9. The third-order valence-corrected chi connectivity index (χ3v) is 2.72. The Kier molecular flexibility index (Phi) is 2.30. The summed E-state index contributed by atoms with van der Waals surface area (Å²) in [7, 11) is 1.62. The average molecular weight is 209 g/mol. The zero-order valence-electron chi connectivity index (χ0n) is 7.71. The Bertz CT molecular complexity index is 404. The molecule has 72 valence electrons. The zero-order chi connectivity index (χ0) is 10.1. The van der Waals surface area contributed by atoms with Crippen LogP contribution in [0.3, 0.4) is 0 Å². The lowest BCUT2D eigenvalue weighted by molar-refractivity contribution is -0.115. The van der Waals surface area contributed by atoms with E-state index in [1.807, 2.05) is 24.3 Å². The van der Waals surface area contributed by atoms with Gasteiger partial charge in [0.1, 0.15) is 5.75 Å². The van der Waals surface area contributed by atoms with E-state index in [9.17, 15) is 4.79 Å². The van der Waals surface area contributed by atoms with Gasteiger partial charge in [0.2, 0.25) is 0 Å². The SMILES string of the molecule is COc1ccc(C2=C(Cl)C(=O)C2)cc1. The minimum Gasteiger partial charge on any atom is -0.497 e. The first-order chi connectivity index (χ1) is 6.72. The van der Waals surface area contributed by atoms with Crippen LogP contribution in [-0.4, -0.2) is 12.9 Å². The van der Waals surface area contributed by atoms with Gasteiger partial charge in [0.05, 0.1) is 12.1 Å². The summed E-state index contributed by atoms with van der Waals surface area (Å²) in [5.74, 6) is 0.827. The van der Waals surface area contributed by atoms with Crippen molar-refractivity contribution in [2.45, 2.75) is 6.42 Å². The number of allylic oxidation sites excluding steroid dienone is 2. The van der Waals surface area contributed by atoms with Crippen LogP contribution < -0.4 is 4.74 Å². The van der Waals surface area contributed by atoms with E-state index in [0.717, 1.165) is 16.9 Å². The molecule has 3 heteroatoms. The first-order valence-electron chi connectivity index (χ1n) is 4.28. The van der Waals surface area contributed by atoms with Gasteiger partial charge in [-0.05, 0) is 23.3 Å². The van der Waals surface area contributed by atoms with E-state index in [2.05, 4.69) is 0 Å². The molecule has 0 atom stereocenters. The number of Topliss-reactive ketones (excluding diaryl/α,β-unsaturated/α-hetero) is 1. The van der Waals surface area contributed by atoms with Crippen LogP contribution in [0.25, 0.3) is 5.57 Å². The molecule has 14 heavy (non-hydrogen) atoms. The van der Waals surface area contributed by atoms with E-state index in [4.69, 9.17) is 16.3 Å². The summed E-state index contributed by atoms with van der Waals surface area (Å²) < 4.78 is 5.03. The molecule has 0 unspecified atom stereocenters. The van der Waals surface area contributed by atoms with Gasteiger partial charge in [-0.2, -0.15) is 0 Å². The van der Waals surface area contributed by atoms with Crippen molar-refractivity contribution in [2.75, 3.05) is 7.11 Å². The molecule has 0 radical (unpaired) electrons. The van der Waals surface area contributed by atoms with Gasteiger partial charge in [-0.3, -0.25) is 4.79 Å². The summed E-state index contributed by atoms with van der Waals surface area (Å²) in [6, 6.07) is 7.52. The molecule has 0 amide bonds. The topological polar surface area (TPSA) is 26.3 Å². The number of ketones is 1. The van der Waals surface area contributed by atoms with Crippen molar-refractivity contribution in [3.05, 3.63) is 34.9 Å². The summed E-state index contributed by atoms with van der Waals surface area (Å²) in [4.78, 5) is 10.9. The van der Waals surface area contributed by atoms with E-state index >= 15 is 0 Å². The monoisotopic (exact) mass is 208 g/mol. The van der Waals surface area contributed by atoms with Crippen molar-refractivity contribution in [2.24, 2.45) is 0 Å². The third-order valence-electron chi connectivity index (χ3n) is 2.29. The molecule has 0 fully saturated rings. The Morgan fingerprint density at radius 3 is 2.36 bits per heavy atom. The molecule has 0 saturated heterocycles. The van der Waals surface area contributed by atoms with Crippen molar-refractivity contribution in [3.8, 4) is 5.75 Å². The van der Waals surface area contributed by atoms with Crippen LogP contribution in [0, 0.1) is 0 Å². The van der Waals surface area contributed by atoms with Gasteiger partial charge in [0.15, 0.2) is 5.78 Å². The number of carbonyl (C=O) groups is 1. The highest BCUT2D eigenvalue weighted by molar-refractivity contribution is 6.50. The van der Waals surface area contributed by atoms with E-state index < -0.39 is 0 Å². The van der Waals surface area contributed by atoms with Crippen LogP contribution in [0.5, 0.6) is 5.75 Å². The van der Waals surface area contributed by atoms with Gasteiger partial charge in [-0.25, -0.2) is 0 Å². The molecular formula is C11H9ClO2. The van der Waals surface area contributed by atoms with Crippen molar-refractivity contribution < 1.29 is 9.53 Å². The van der Waals surface area contributed by atoms with Crippen LogP contribution in [-0.2, 0) is 4.79 Å². The zero-order valence-corrected chi connectivity index (χ0v) is 8.47. The number of hydrogen-bond donors (Lipinski definition) is 0. The van der Waals surface area contributed by atoms with Crippen molar-refractivity contribution in [1.29, 1.82) is 0 Å². The summed E-state index contributed by atoms with van der Waals surface area (Å²) >= 11 is 5.77. The van der Waals surface area contributed by atoms with Crippen molar-refractivity contribution in [1.82, 2.24) is 0 Å². The number of benzene rings is 1. The number of carbonyl (C=O) groups excluding carboxylic acids is 1. The number of ether oxygens (including phenoxy) is 1. The molecule has 0 heterocycles. The van der Waals surface area contributed by atoms with Gasteiger partial charge in [0, 0.05) is 6.42 Å². The molecule has 1 aromatic rings. The Morgan fingerprint density at radius 1 is 1.29 bits per heavy atom. The van der Waals surface area contributed by atoms with Gasteiger partial charge >= 0.3 is 0 Å². The van der Waals surface area contributed by atoms with E-state index in [1.165, 1.54) is 0 Å². The van der Waals surface area contributed by atoms with Crippen molar-refractivity contribution >= 4 is 23.0 Å². The molecule has 2 rings (SSSR count). The lowest BCUT2D eigenvalue weighted by Gasteiger charge is -2.17. The van der Waals surface area contributed by atoms with E-state index in [0.29, 0.717) is 11.5 Å². The molecule has 0 aromatic heterocycles. The lowest BCUT2D eigenvalue weighted by atomic mass is 9.90. The lowest BCUT2D eigenvalue weighted by Crippen LogP contribution is -2.12. The van der Waals surface area contributed by atoms with Gasteiger partial charge < -0.3 is 4.74 Å². The predicted octanol–water partition coefficient (Wildman–Crippen LogP) is 2.62. The second-order valence-corrected chi connectivity index (χ2v) is 3.50. The molecule has 0 spiro atoms. The Hall–Kier alpha value is -1.28. The smallest absolute Gasteiger partial charge is 0.178 e. The van der Waals surface area contributed by atoms with E-state index in [-0.39, 0.29) is 5.78 Å². The molecule has 0 saturated carbocycles. The van der Waals surface area contributed by atoms with Gasteiger partial charge in [0.25, 0.3) is 0 Å². The summed E-state index contributed by atoms with van der Waals surface area (Å²) in [5.41, 5.74) is 1.93. The predicted molar refractivity (Wildman–Crippen MR) is 55.4 cm³/mol. The summed E-state index contributed by atoms with van der Waals surface area (Å²) in [6.45, 7) is 0. The fourth-order valence-corrected chi connectivity index (χ4v) is 1.64. The largest absolute Gasteiger partial charge is 0.497 e. The fourth-order valence-electron chi connectivity index (χ4n) is 1.40. The fraction of sp³-hybridized carbons (Fsp3) is 0.182. The minimum absolute atomic E-state index is 0.0254. The standard InChI is InChI=1S/C11H9ClO2/c1-14-8-4-2-7(3-5-8)9-6-10(13)11(9)12/h2-5H,6H2,1H3.